The molecule has 2 aliphatic rings. The Balaban J connectivity index is 1.76. The molecule has 90 valence electrons. The summed E-state index contributed by atoms with van der Waals surface area (Å²) < 4.78 is 5.10. The lowest BCUT2D eigenvalue weighted by atomic mass is 9.74. The molecule has 0 bridgehead atoms. The molecule has 2 aliphatic heterocycles. The van der Waals surface area contributed by atoms with E-state index < -0.39 is 0 Å². The van der Waals surface area contributed by atoms with E-state index in [9.17, 15) is 9.59 Å². The van der Waals surface area contributed by atoms with E-state index >= 15 is 0 Å². The summed E-state index contributed by atoms with van der Waals surface area (Å²) in [7, 11) is 0. The summed E-state index contributed by atoms with van der Waals surface area (Å²) in [6.45, 7) is 1.90. The van der Waals surface area contributed by atoms with Crippen LogP contribution in [-0.2, 0) is 4.79 Å². The molecule has 2 saturated heterocycles. The molecule has 0 aromatic carbocycles. The third-order valence-electron chi connectivity index (χ3n) is 3.67. The summed E-state index contributed by atoms with van der Waals surface area (Å²) in [5.41, 5.74) is -0.333. The van der Waals surface area contributed by atoms with Crippen LogP contribution in [0.2, 0.25) is 0 Å². The zero-order valence-electron chi connectivity index (χ0n) is 9.44. The molecule has 1 aromatic rings. The van der Waals surface area contributed by atoms with Crippen LogP contribution in [0.25, 0.3) is 0 Å². The minimum Gasteiger partial charge on any atom is -0.459 e. The summed E-state index contributed by atoms with van der Waals surface area (Å²) in [4.78, 5) is 25.4. The average molecular weight is 234 g/mol. The van der Waals surface area contributed by atoms with Crippen molar-refractivity contribution in [3.05, 3.63) is 24.2 Å². The molecular weight excluding hydrogens is 220 g/mol. The van der Waals surface area contributed by atoms with Crippen LogP contribution >= 0.6 is 0 Å². The number of β-lactam (4-membered cyclic amide) rings is 1. The Labute approximate surface area is 98.8 Å². The van der Waals surface area contributed by atoms with E-state index in [-0.39, 0.29) is 17.2 Å². The molecule has 17 heavy (non-hydrogen) atoms. The van der Waals surface area contributed by atoms with E-state index in [1.807, 2.05) is 0 Å². The maximum Gasteiger partial charge on any atom is 0.289 e. The van der Waals surface area contributed by atoms with Crippen LogP contribution in [0.5, 0.6) is 0 Å². The number of hydrogen-bond acceptors (Lipinski definition) is 3. The normalized spacial score (nSPS) is 27.8. The second-order valence-corrected chi connectivity index (χ2v) is 4.77. The molecule has 3 rings (SSSR count). The minimum absolute atomic E-state index is 0.0782. The van der Waals surface area contributed by atoms with Crippen LogP contribution in [0.1, 0.15) is 23.4 Å². The lowest BCUT2D eigenvalue weighted by Crippen LogP contribution is -2.65. The monoisotopic (exact) mass is 234 g/mol. The van der Waals surface area contributed by atoms with Crippen LogP contribution in [0.15, 0.2) is 22.8 Å². The number of hydrogen-bond donors (Lipinski definition) is 1. The molecule has 1 spiro atoms. The first-order chi connectivity index (χ1) is 8.21. The summed E-state index contributed by atoms with van der Waals surface area (Å²) in [5.74, 6) is 0.310. The molecule has 0 aliphatic carbocycles. The van der Waals surface area contributed by atoms with Crippen molar-refractivity contribution >= 4 is 11.8 Å². The van der Waals surface area contributed by atoms with Gasteiger partial charge in [-0.25, -0.2) is 0 Å². The maximum atomic E-state index is 12.1. The quantitative estimate of drug-likeness (QED) is 0.725. The van der Waals surface area contributed by atoms with Crippen molar-refractivity contribution in [2.24, 2.45) is 5.41 Å². The highest BCUT2D eigenvalue weighted by Gasteiger charge is 2.49. The first-order valence-electron chi connectivity index (χ1n) is 5.82. The number of carbonyl (C=O) groups is 2. The van der Waals surface area contributed by atoms with Gasteiger partial charge < -0.3 is 14.6 Å². The molecule has 1 atom stereocenters. The van der Waals surface area contributed by atoms with Crippen molar-refractivity contribution < 1.29 is 14.0 Å². The first-order valence-corrected chi connectivity index (χ1v) is 5.82. The second-order valence-electron chi connectivity index (χ2n) is 4.77. The molecule has 0 saturated carbocycles. The number of amides is 2. The molecule has 2 fully saturated rings. The minimum atomic E-state index is -0.333. The molecule has 5 nitrogen and oxygen atoms in total. The van der Waals surface area contributed by atoms with Gasteiger partial charge in [0.1, 0.15) is 0 Å². The average Bonchev–Trinajstić information content (AvgIpc) is 2.90. The summed E-state index contributed by atoms with van der Waals surface area (Å²) >= 11 is 0. The Morgan fingerprint density at radius 2 is 2.41 bits per heavy atom. The van der Waals surface area contributed by atoms with Crippen molar-refractivity contribution in [2.75, 3.05) is 19.6 Å². The highest BCUT2D eigenvalue weighted by atomic mass is 16.3. The third-order valence-corrected chi connectivity index (χ3v) is 3.67. The molecule has 1 unspecified atom stereocenters. The smallest absolute Gasteiger partial charge is 0.289 e. The Hall–Kier alpha value is -1.78. The molecule has 0 radical (unpaired) electrons. The summed E-state index contributed by atoms with van der Waals surface area (Å²) in [5, 5.41) is 2.76. The standard InChI is InChI=1S/C12H14N2O3/c15-10(9-3-1-6-17-9)14-5-2-4-12(8-14)7-13-11(12)16/h1,3,6H,2,4-5,7-8H2,(H,13,16). The molecule has 2 amide bonds. The fraction of sp³-hybridized carbons (Fsp3) is 0.500. The zero-order valence-corrected chi connectivity index (χ0v) is 9.44. The van der Waals surface area contributed by atoms with Crippen molar-refractivity contribution in [3.63, 3.8) is 0 Å². The van der Waals surface area contributed by atoms with Gasteiger partial charge in [0.05, 0.1) is 11.7 Å². The fourth-order valence-corrected chi connectivity index (χ4v) is 2.60. The lowest BCUT2D eigenvalue weighted by molar-refractivity contribution is -0.143. The first kappa shape index (κ1) is 10.4. The number of carbonyl (C=O) groups excluding carboxylic acids is 2. The van der Waals surface area contributed by atoms with Crippen molar-refractivity contribution in [2.45, 2.75) is 12.8 Å². The number of nitrogens with zero attached hydrogens (tertiary/aromatic N) is 1. The fourth-order valence-electron chi connectivity index (χ4n) is 2.60. The van der Waals surface area contributed by atoms with E-state index in [1.54, 1.807) is 17.0 Å². The summed E-state index contributed by atoms with van der Waals surface area (Å²) in [6.07, 6.45) is 3.24. The van der Waals surface area contributed by atoms with Gasteiger partial charge in [-0.2, -0.15) is 0 Å². The van der Waals surface area contributed by atoms with Crippen LogP contribution in [-0.4, -0.2) is 36.3 Å². The Morgan fingerprint density at radius 3 is 3.00 bits per heavy atom. The summed E-state index contributed by atoms with van der Waals surface area (Å²) in [6, 6.07) is 3.35. The largest absolute Gasteiger partial charge is 0.459 e. The molecule has 1 aromatic heterocycles. The van der Waals surface area contributed by atoms with Gasteiger partial charge in [-0.1, -0.05) is 0 Å². The van der Waals surface area contributed by atoms with Crippen LogP contribution in [0.4, 0.5) is 0 Å². The molecule has 5 heteroatoms. The van der Waals surface area contributed by atoms with E-state index in [2.05, 4.69) is 5.32 Å². The van der Waals surface area contributed by atoms with Gasteiger partial charge in [0.2, 0.25) is 5.91 Å². The Morgan fingerprint density at radius 1 is 1.53 bits per heavy atom. The predicted octanol–water partition coefficient (Wildman–Crippen LogP) is 0.632. The topological polar surface area (TPSA) is 62.6 Å². The molecular formula is C12H14N2O3. The Kier molecular flexibility index (Phi) is 2.21. The van der Waals surface area contributed by atoms with Crippen molar-refractivity contribution in [3.8, 4) is 0 Å². The highest BCUT2D eigenvalue weighted by Crippen LogP contribution is 2.35. The van der Waals surface area contributed by atoms with Crippen molar-refractivity contribution in [1.82, 2.24) is 10.2 Å². The van der Waals surface area contributed by atoms with E-state index in [0.29, 0.717) is 25.4 Å². The van der Waals surface area contributed by atoms with Crippen LogP contribution < -0.4 is 5.32 Å². The second kappa shape index (κ2) is 3.61. The van der Waals surface area contributed by atoms with Crippen LogP contribution in [0.3, 0.4) is 0 Å². The molecule has 1 N–H and O–H groups in total. The number of furan rings is 1. The van der Waals surface area contributed by atoms with Gasteiger partial charge in [-0.05, 0) is 25.0 Å². The number of likely N-dealkylation sites (tertiary alicyclic amines) is 1. The zero-order chi connectivity index (χ0) is 11.9. The molecule has 3 heterocycles. The third kappa shape index (κ3) is 1.53. The highest BCUT2D eigenvalue weighted by molar-refractivity contribution is 5.93. The van der Waals surface area contributed by atoms with Crippen molar-refractivity contribution in [1.29, 1.82) is 0 Å². The number of nitrogens with one attached hydrogen (secondary N) is 1. The van der Waals surface area contributed by atoms with Gasteiger partial charge in [0, 0.05) is 19.6 Å². The van der Waals surface area contributed by atoms with E-state index in [1.165, 1.54) is 6.26 Å². The SMILES string of the molecule is O=C(c1ccco1)N1CCCC2(CNC2=O)C1. The van der Waals surface area contributed by atoms with Gasteiger partial charge in [-0.15, -0.1) is 0 Å². The van der Waals surface area contributed by atoms with E-state index in [0.717, 1.165) is 12.8 Å². The van der Waals surface area contributed by atoms with Gasteiger partial charge in [0.15, 0.2) is 5.76 Å². The van der Waals surface area contributed by atoms with Gasteiger partial charge in [0.25, 0.3) is 5.91 Å². The number of piperidine rings is 1. The lowest BCUT2D eigenvalue weighted by Gasteiger charge is -2.47. The number of rotatable bonds is 1. The van der Waals surface area contributed by atoms with E-state index in [4.69, 9.17) is 4.42 Å². The predicted molar refractivity (Wildman–Crippen MR) is 59.3 cm³/mol. The van der Waals surface area contributed by atoms with Gasteiger partial charge >= 0.3 is 0 Å². The Bertz CT molecular complexity index is 454. The maximum absolute atomic E-state index is 12.1. The van der Waals surface area contributed by atoms with Gasteiger partial charge in [-0.3, -0.25) is 9.59 Å². The van der Waals surface area contributed by atoms with Crippen LogP contribution in [0, 0.1) is 5.41 Å².